The van der Waals surface area contributed by atoms with Gasteiger partial charge < -0.3 is 14.8 Å². The average Bonchev–Trinajstić information content (AvgIpc) is 2.79. The molecule has 0 unspecified atom stereocenters. The van der Waals surface area contributed by atoms with Crippen molar-refractivity contribution in [2.75, 3.05) is 24.3 Å². The van der Waals surface area contributed by atoms with Gasteiger partial charge in [0.05, 0.1) is 24.8 Å². The number of carbonyl (C=O) groups is 1. The lowest BCUT2D eigenvalue weighted by atomic mass is 10.1. The average molecular weight is 455 g/mol. The number of anilines is 2. The lowest BCUT2D eigenvalue weighted by Crippen LogP contribution is -2.15. The highest BCUT2D eigenvalue weighted by Crippen LogP contribution is 2.28. The van der Waals surface area contributed by atoms with Crippen LogP contribution in [0.2, 0.25) is 0 Å². The first kappa shape index (κ1) is 23.1. The zero-order valence-electron chi connectivity index (χ0n) is 18.2. The third-order valence-electron chi connectivity index (χ3n) is 4.93. The number of para-hydroxylation sites is 1. The van der Waals surface area contributed by atoms with Gasteiger partial charge in [-0.15, -0.1) is 0 Å². The van der Waals surface area contributed by atoms with E-state index in [0.29, 0.717) is 29.3 Å². The van der Waals surface area contributed by atoms with Crippen LogP contribution in [0.15, 0.2) is 71.6 Å². The van der Waals surface area contributed by atoms with Gasteiger partial charge in [-0.2, -0.15) is 0 Å². The van der Waals surface area contributed by atoms with Gasteiger partial charge in [-0.3, -0.25) is 9.52 Å². The van der Waals surface area contributed by atoms with Crippen molar-refractivity contribution in [1.29, 1.82) is 0 Å². The van der Waals surface area contributed by atoms with Crippen molar-refractivity contribution >= 4 is 27.3 Å². The maximum absolute atomic E-state index is 12.6. The number of sulfonamides is 1. The molecule has 0 heterocycles. The number of methoxy groups -OCH3 is 2. The van der Waals surface area contributed by atoms with Gasteiger partial charge in [0.15, 0.2) is 11.5 Å². The van der Waals surface area contributed by atoms with Gasteiger partial charge in [0.2, 0.25) is 5.91 Å². The van der Waals surface area contributed by atoms with Crippen LogP contribution in [0.4, 0.5) is 11.4 Å². The Hall–Kier alpha value is -3.52. The predicted molar refractivity (Wildman–Crippen MR) is 125 cm³/mol. The molecule has 0 fully saturated rings. The molecule has 1 amide bonds. The number of hydrogen-bond acceptors (Lipinski definition) is 5. The first-order valence-corrected chi connectivity index (χ1v) is 11.5. The first-order chi connectivity index (χ1) is 15.3. The number of carbonyl (C=O) groups excluding carboxylic acids is 1. The van der Waals surface area contributed by atoms with Crippen LogP contribution in [0.3, 0.4) is 0 Å². The van der Waals surface area contributed by atoms with Crippen molar-refractivity contribution in [3.05, 3.63) is 77.9 Å². The number of amides is 1. The Morgan fingerprint density at radius 1 is 0.906 bits per heavy atom. The van der Waals surface area contributed by atoms with Crippen molar-refractivity contribution in [2.45, 2.75) is 24.7 Å². The van der Waals surface area contributed by atoms with Crippen molar-refractivity contribution in [3.8, 4) is 11.5 Å². The summed E-state index contributed by atoms with van der Waals surface area (Å²) in [6.07, 6.45) is 0.795. The van der Waals surface area contributed by atoms with E-state index in [1.54, 1.807) is 44.6 Å². The number of hydrogen-bond donors (Lipinski definition) is 2. The van der Waals surface area contributed by atoms with E-state index in [1.807, 2.05) is 31.2 Å². The van der Waals surface area contributed by atoms with Crippen LogP contribution in [0, 0.1) is 6.92 Å². The molecule has 0 atom stereocenters. The van der Waals surface area contributed by atoms with Crippen LogP contribution < -0.4 is 19.5 Å². The van der Waals surface area contributed by atoms with Crippen molar-refractivity contribution in [1.82, 2.24) is 0 Å². The standard InChI is InChI=1S/C24H26N2O5S/c1-17-6-4-5-7-21(17)26-32(28,29)20-12-10-19(11-13-20)25-24(27)15-9-18-8-14-22(30-2)23(16-18)31-3/h4-8,10-14,16,26H,9,15H2,1-3H3,(H,25,27). The Morgan fingerprint density at radius 3 is 2.25 bits per heavy atom. The molecule has 2 N–H and O–H groups in total. The molecule has 0 aliphatic heterocycles. The second-order valence-corrected chi connectivity index (χ2v) is 8.86. The van der Waals surface area contributed by atoms with E-state index in [-0.39, 0.29) is 17.2 Å². The molecule has 3 rings (SSSR count). The van der Waals surface area contributed by atoms with Crippen LogP contribution in [-0.4, -0.2) is 28.5 Å². The monoisotopic (exact) mass is 454 g/mol. The molecule has 0 saturated carbocycles. The Morgan fingerprint density at radius 2 is 1.59 bits per heavy atom. The minimum atomic E-state index is -3.72. The summed E-state index contributed by atoms with van der Waals surface area (Å²) >= 11 is 0. The fourth-order valence-corrected chi connectivity index (χ4v) is 4.26. The molecule has 0 aliphatic carbocycles. The first-order valence-electron chi connectivity index (χ1n) is 10.0. The highest BCUT2D eigenvalue weighted by molar-refractivity contribution is 7.92. The minimum Gasteiger partial charge on any atom is -0.493 e. The molecule has 0 radical (unpaired) electrons. The zero-order chi connectivity index (χ0) is 23.1. The summed E-state index contributed by atoms with van der Waals surface area (Å²) in [5.41, 5.74) is 2.83. The smallest absolute Gasteiger partial charge is 0.261 e. The summed E-state index contributed by atoms with van der Waals surface area (Å²) in [5.74, 6) is 1.07. The molecule has 3 aromatic rings. The second kappa shape index (κ2) is 10.2. The molecular weight excluding hydrogens is 428 g/mol. The van der Waals surface area contributed by atoms with Crippen molar-refractivity contribution < 1.29 is 22.7 Å². The summed E-state index contributed by atoms with van der Waals surface area (Å²) in [6, 6.07) is 18.7. The number of rotatable bonds is 9. The van der Waals surface area contributed by atoms with Gasteiger partial charge in [-0.1, -0.05) is 24.3 Å². The lowest BCUT2D eigenvalue weighted by Gasteiger charge is -2.11. The van der Waals surface area contributed by atoms with Crippen LogP contribution in [-0.2, 0) is 21.2 Å². The van der Waals surface area contributed by atoms with Gasteiger partial charge in [0.25, 0.3) is 10.0 Å². The zero-order valence-corrected chi connectivity index (χ0v) is 19.0. The van der Waals surface area contributed by atoms with Crippen LogP contribution >= 0.6 is 0 Å². The molecule has 32 heavy (non-hydrogen) atoms. The number of aryl methyl sites for hydroxylation is 2. The third-order valence-corrected chi connectivity index (χ3v) is 6.31. The van der Waals surface area contributed by atoms with Gasteiger partial charge in [-0.05, 0) is 66.9 Å². The summed E-state index contributed by atoms with van der Waals surface area (Å²) in [7, 11) is -0.591. The Balaban J connectivity index is 1.59. The molecular formula is C24H26N2O5S. The van der Waals surface area contributed by atoms with E-state index in [4.69, 9.17) is 9.47 Å². The van der Waals surface area contributed by atoms with Crippen LogP contribution in [0.5, 0.6) is 11.5 Å². The molecule has 0 bridgehead atoms. The lowest BCUT2D eigenvalue weighted by molar-refractivity contribution is -0.116. The second-order valence-electron chi connectivity index (χ2n) is 7.18. The van der Waals surface area contributed by atoms with Crippen LogP contribution in [0.1, 0.15) is 17.5 Å². The van der Waals surface area contributed by atoms with Gasteiger partial charge in [0, 0.05) is 12.1 Å². The Kier molecular flexibility index (Phi) is 7.37. The highest BCUT2D eigenvalue weighted by Gasteiger charge is 2.15. The summed E-state index contributed by atoms with van der Waals surface area (Å²) in [5, 5.41) is 2.79. The fourth-order valence-electron chi connectivity index (χ4n) is 3.13. The normalized spacial score (nSPS) is 11.0. The SMILES string of the molecule is COc1ccc(CCC(=O)Nc2ccc(S(=O)(=O)Nc3ccccc3C)cc2)cc1OC. The molecule has 0 saturated heterocycles. The van der Waals surface area contributed by atoms with Gasteiger partial charge >= 0.3 is 0 Å². The molecule has 0 spiro atoms. The summed E-state index contributed by atoms with van der Waals surface area (Å²) in [6.45, 7) is 1.83. The topological polar surface area (TPSA) is 93.7 Å². The highest BCUT2D eigenvalue weighted by atomic mass is 32.2. The van der Waals surface area contributed by atoms with E-state index < -0.39 is 10.0 Å². The number of nitrogens with one attached hydrogen (secondary N) is 2. The Bertz CT molecular complexity index is 1190. The summed E-state index contributed by atoms with van der Waals surface area (Å²) in [4.78, 5) is 12.4. The van der Waals surface area contributed by atoms with Gasteiger partial charge in [-0.25, -0.2) is 8.42 Å². The van der Waals surface area contributed by atoms with Crippen molar-refractivity contribution in [2.24, 2.45) is 0 Å². The predicted octanol–water partition coefficient (Wildman–Crippen LogP) is 4.38. The number of benzene rings is 3. The molecule has 0 aliphatic rings. The minimum absolute atomic E-state index is 0.115. The van der Waals surface area contributed by atoms with E-state index >= 15 is 0 Å². The number of ether oxygens (including phenoxy) is 2. The maximum atomic E-state index is 12.6. The van der Waals surface area contributed by atoms with Gasteiger partial charge in [0.1, 0.15) is 0 Å². The fraction of sp³-hybridized carbons (Fsp3) is 0.208. The largest absolute Gasteiger partial charge is 0.493 e. The molecule has 3 aromatic carbocycles. The Labute approximate surface area is 188 Å². The van der Waals surface area contributed by atoms with Crippen molar-refractivity contribution in [3.63, 3.8) is 0 Å². The third kappa shape index (κ3) is 5.79. The van der Waals surface area contributed by atoms with E-state index in [9.17, 15) is 13.2 Å². The summed E-state index contributed by atoms with van der Waals surface area (Å²) < 4.78 is 38.3. The quantitative estimate of drug-likeness (QED) is 0.500. The van der Waals surface area contributed by atoms with E-state index in [0.717, 1.165) is 11.1 Å². The molecule has 8 heteroatoms. The molecule has 7 nitrogen and oxygen atoms in total. The van der Waals surface area contributed by atoms with Crippen LogP contribution in [0.25, 0.3) is 0 Å². The molecule has 168 valence electrons. The molecule has 0 aromatic heterocycles. The van der Waals surface area contributed by atoms with E-state index in [2.05, 4.69) is 10.0 Å². The van der Waals surface area contributed by atoms with E-state index in [1.165, 1.54) is 12.1 Å². The maximum Gasteiger partial charge on any atom is 0.261 e.